The van der Waals surface area contributed by atoms with Crippen LogP contribution in [0.4, 0.5) is 0 Å². The van der Waals surface area contributed by atoms with Crippen molar-refractivity contribution in [3.63, 3.8) is 0 Å². The molecule has 0 saturated heterocycles. The predicted molar refractivity (Wildman–Crippen MR) is 73.6 cm³/mol. The number of hydrogen-bond acceptors (Lipinski definition) is 3. The van der Waals surface area contributed by atoms with Crippen LogP contribution in [0.25, 0.3) is 0 Å². The van der Waals surface area contributed by atoms with Gasteiger partial charge in [-0.1, -0.05) is 13.0 Å². The molecule has 1 rings (SSSR count). The molecule has 2 N–H and O–H groups in total. The molecular formula is C13H22N2OS. The zero-order valence-electron chi connectivity index (χ0n) is 10.9. The molecule has 0 aromatic carbocycles. The van der Waals surface area contributed by atoms with Crippen LogP contribution < -0.4 is 10.6 Å². The number of carbonyl (C=O) groups excluding carboxylic acids is 1. The SMILES string of the molecule is CCC(C)(C)NCCCNC(=O)c1cccs1. The Hall–Kier alpha value is -0.870. The first-order valence-electron chi connectivity index (χ1n) is 6.12. The lowest BCUT2D eigenvalue weighted by Gasteiger charge is -2.24. The van der Waals surface area contributed by atoms with Crippen LogP contribution >= 0.6 is 11.3 Å². The van der Waals surface area contributed by atoms with Crippen molar-refractivity contribution in [2.45, 2.75) is 39.2 Å². The summed E-state index contributed by atoms with van der Waals surface area (Å²) < 4.78 is 0. The molecule has 0 fully saturated rings. The number of rotatable bonds is 7. The summed E-state index contributed by atoms with van der Waals surface area (Å²) in [5.41, 5.74) is 0.192. The normalized spacial score (nSPS) is 11.5. The zero-order chi connectivity index (χ0) is 12.7. The summed E-state index contributed by atoms with van der Waals surface area (Å²) in [6.07, 6.45) is 2.06. The smallest absolute Gasteiger partial charge is 0.261 e. The van der Waals surface area contributed by atoms with Gasteiger partial charge in [-0.2, -0.15) is 0 Å². The monoisotopic (exact) mass is 254 g/mol. The van der Waals surface area contributed by atoms with E-state index < -0.39 is 0 Å². The molecule has 0 saturated carbocycles. The zero-order valence-corrected chi connectivity index (χ0v) is 11.7. The molecule has 1 heterocycles. The van der Waals surface area contributed by atoms with Gasteiger partial charge in [0.2, 0.25) is 0 Å². The van der Waals surface area contributed by atoms with Crippen molar-refractivity contribution in [2.24, 2.45) is 0 Å². The number of hydrogen-bond donors (Lipinski definition) is 2. The van der Waals surface area contributed by atoms with E-state index in [1.807, 2.05) is 17.5 Å². The van der Waals surface area contributed by atoms with Crippen LogP contribution in [0, 0.1) is 0 Å². The maximum absolute atomic E-state index is 11.6. The van der Waals surface area contributed by atoms with Crippen LogP contribution in [0.3, 0.4) is 0 Å². The minimum absolute atomic E-state index is 0.0368. The van der Waals surface area contributed by atoms with Gasteiger partial charge in [-0.3, -0.25) is 4.79 Å². The molecule has 0 bridgehead atoms. The lowest BCUT2D eigenvalue weighted by Crippen LogP contribution is -2.40. The van der Waals surface area contributed by atoms with Gasteiger partial charge >= 0.3 is 0 Å². The molecule has 17 heavy (non-hydrogen) atoms. The highest BCUT2D eigenvalue weighted by atomic mass is 32.1. The van der Waals surface area contributed by atoms with Gasteiger partial charge in [0, 0.05) is 12.1 Å². The molecule has 0 radical (unpaired) electrons. The molecule has 0 aliphatic rings. The Kier molecular flexibility index (Phi) is 5.65. The lowest BCUT2D eigenvalue weighted by atomic mass is 10.0. The van der Waals surface area contributed by atoms with Crippen molar-refractivity contribution in [3.05, 3.63) is 22.4 Å². The van der Waals surface area contributed by atoms with Crippen molar-refractivity contribution >= 4 is 17.2 Å². The maximum Gasteiger partial charge on any atom is 0.261 e. The minimum Gasteiger partial charge on any atom is -0.351 e. The molecule has 96 valence electrons. The minimum atomic E-state index is 0.0368. The van der Waals surface area contributed by atoms with Crippen molar-refractivity contribution in [2.75, 3.05) is 13.1 Å². The summed E-state index contributed by atoms with van der Waals surface area (Å²) >= 11 is 1.48. The quantitative estimate of drug-likeness (QED) is 0.734. The molecule has 0 unspecified atom stereocenters. The van der Waals surface area contributed by atoms with Crippen LogP contribution in [-0.2, 0) is 0 Å². The third kappa shape index (κ3) is 5.33. The van der Waals surface area contributed by atoms with E-state index in [4.69, 9.17) is 0 Å². The second-order valence-corrected chi connectivity index (χ2v) is 5.70. The van der Waals surface area contributed by atoms with Crippen LogP contribution in [0.2, 0.25) is 0 Å². The third-order valence-electron chi connectivity index (χ3n) is 2.87. The molecule has 1 aromatic heterocycles. The average Bonchev–Trinajstić information content (AvgIpc) is 2.82. The molecule has 0 spiro atoms. The fraction of sp³-hybridized carbons (Fsp3) is 0.615. The molecule has 1 aromatic rings. The van der Waals surface area contributed by atoms with E-state index in [2.05, 4.69) is 31.4 Å². The fourth-order valence-corrected chi connectivity index (χ4v) is 1.98. The molecule has 1 amide bonds. The Morgan fingerprint density at radius 2 is 2.18 bits per heavy atom. The average molecular weight is 254 g/mol. The van der Waals surface area contributed by atoms with E-state index in [-0.39, 0.29) is 11.4 Å². The van der Waals surface area contributed by atoms with Gasteiger partial charge < -0.3 is 10.6 Å². The Balaban J connectivity index is 2.11. The Bertz CT molecular complexity index is 333. The van der Waals surface area contributed by atoms with Gasteiger partial charge in [0.1, 0.15) is 0 Å². The summed E-state index contributed by atoms with van der Waals surface area (Å²) in [7, 11) is 0. The van der Waals surface area contributed by atoms with Gasteiger partial charge in [0.15, 0.2) is 0 Å². The molecule has 0 atom stereocenters. The van der Waals surface area contributed by atoms with Gasteiger partial charge in [-0.05, 0) is 44.7 Å². The van der Waals surface area contributed by atoms with Gasteiger partial charge in [-0.25, -0.2) is 0 Å². The van der Waals surface area contributed by atoms with Crippen molar-refractivity contribution in [3.8, 4) is 0 Å². The highest BCUT2D eigenvalue weighted by molar-refractivity contribution is 7.12. The first kappa shape index (κ1) is 14.2. The summed E-state index contributed by atoms with van der Waals surface area (Å²) in [4.78, 5) is 12.4. The van der Waals surface area contributed by atoms with Crippen molar-refractivity contribution < 1.29 is 4.79 Å². The molecule has 0 aliphatic heterocycles. The standard InChI is InChI=1S/C13H22N2OS/c1-4-13(2,3)15-9-6-8-14-12(16)11-7-5-10-17-11/h5,7,10,15H,4,6,8-9H2,1-3H3,(H,14,16). The van der Waals surface area contributed by atoms with Crippen LogP contribution in [0.5, 0.6) is 0 Å². The third-order valence-corrected chi connectivity index (χ3v) is 3.74. The van der Waals surface area contributed by atoms with Gasteiger partial charge in [-0.15, -0.1) is 11.3 Å². The topological polar surface area (TPSA) is 41.1 Å². The summed E-state index contributed by atoms with van der Waals surface area (Å²) in [6.45, 7) is 8.22. The number of nitrogens with one attached hydrogen (secondary N) is 2. The number of carbonyl (C=O) groups is 1. The van der Waals surface area contributed by atoms with Crippen molar-refractivity contribution in [1.82, 2.24) is 10.6 Å². The second-order valence-electron chi connectivity index (χ2n) is 4.75. The second kappa shape index (κ2) is 6.77. The van der Waals surface area contributed by atoms with E-state index >= 15 is 0 Å². The largest absolute Gasteiger partial charge is 0.351 e. The van der Waals surface area contributed by atoms with Gasteiger partial charge in [0.25, 0.3) is 5.91 Å². The van der Waals surface area contributed by atoms with E-state index in [0.717, 1.165) is 30.8 Å². The Morgan fingerprint density at radius 1 is 1.41 bits per heavy atom. The summed E-state index contributed by atoms with van der Waals surface area (Å²) in [5.74, 6) is 0.0368. The summed E-state index contributed by atoms with van der Waals surface area (Å²) in [6, 6.07) is 3.74. The molecular weight excluding hydrogens is 232 g/mol. The van der Waals surface area contributed by atoms with Crippen LogP contribution in [0.15, 0.2) is 17.5 Å². The Labute approximate surface area is 108 Å². The summed E-state index contributed by atoms with van der Waals surface area (Å²) in [5, 5.41) is 8.31. The van der Waals surface area contributed by atoms with E-state index in [1.54, 1.807) is 0 Å². The lowest BCUT2D eigenvalue weighted by molar-refractivity contribution is 0.0957. The highest BCUT2D eigenvalue weighted by Gasteiger charge is 2.12. The Morgan fingerprint density at radius 3 is 2.76 bits per heavy atom. The first-order valence-corrected chi connectivity index (χ1v) is 7.00. The fourth-order valence-electron chi connectivity index (χ4n) is 1.34. The van der Waals surface area contributed by atoms with Crippen LogP contribution in [-0.4, -0.2) is 24.5 Å². The molecule has 3 nitrogen and oxygen atoms in total. The number of amides is 1. The predicted octanol–water partition coefficient (Wildman–Crippen LogP) is 2.65. The van der Waals surface area contributed by atoms with E-state index in [0.29, 0.717) is 0 Å². The number of thiophene rings is 1. The van der Waals surface area contributed by atoms with Crippen molar-refractivity contribution in [1.29, 1.82) is 0 Å². The molecule has 0 aliphatic carbocycles. The highest BCUT2D eigenvalue weighted by Crippen LogP contribution is 2.08. The van der Waals surface area contributed by atoms with E-state index in [9.17, 15) is 4.79 Å². The maximum atomic E-state index is 11.6. The van der Waals surface area contributed by atoms with Crippen LogP contribution in [0.1, 0.15) is 43.3 Å². The van der Waals surface area contributed by atoms with Gasteiger partial charge in [0.05, 0.1) is 4.88 Å². The van der Waals surface area contributed by atoms with E-state index in [1.165, 1.54) is 11.3 Å². The molecule has 4 heteroatoms. The first-order chi connectivity index (χ1) is 8.05.